The molecule has 0 saturated heterocycles. The van der Waals surface area contributed by atoms with Crippen molar-refractivity contribution < 1.29 is 13.2 Å². The fourth-order valence-electron chi connectivity index (χ4n) is 3.74. The molecule has 11 heteroatoms. The average molecular weight is 525 g/mol. The summed E-state index contributed by atoms with van der Waals surface area (Å²) in [4.78, 5) is 13.0. The molecular weight excluding hydrogens is 508 g/mol. The number of benzene rings is 3. The van der Waals surface area contributed by atoms with Crippen molar-refractivity contribution in [1.29, 1.82) is 0 Å². The molecule has 5 rings (SSSR count). The number of para-hydroxylation sites is 1. The molecule has 2 N–H and O–H groups in total. The molecule has 3 aromatic carbocycles. The molecule has 0 spiro atoms. The number of carbonyl (C=O) groups is 1. The summed E-state index contributed by atoms with van der Waals surface area (Å²) in [5, 5.41) is 16.7. The Bertz CT molecular complexity index is 1440. The summed E-state index contributed by atoms with van der Waals surface area (Å²) in [6, 6.07) is 18.6. The number of halogens is 1. The second-order valence-corrected chi connectivity index (χ2v) is 10.1. The predicted molar refractivity (Wildman–Crippen MR) is 126 cm³/mol. The van der Waals surface area contributed by atoms with E-state index in [0.29, 0.717) is 41.3 Å². The molecule has 0 saturated carbocycles. The van der Waals surface area contributed by atoms with Crippen molar-refractivity contribution in [3.8, 4) is 11.4 Å². The van der Waals surface area contributed by atoms with E-state index >= 15 is 0 Å². The van der Waals surface area contributed by atoms with Crippen LogP contribution in [-0.4, -0.2) is 41.5 Å². The molecule has 1 aromatic heterocycles. The first kappa shape index (κ1) is 21.3. The molecule has 1 amide bonds. The molecule has 0 bridgehead atoms. The number of nitrogens with zero attached hydrogens (tertiary/aromatic N) is 4. The highest BCUT2D eigenvalue weighted by Crippen LogP contribution is 2.33. The van der Waals surface area contributed by atoms with E-state index in [1.54, 1.807) is 24.3 Å². The lowest BCUT2D eigenvalue weighted by molar-refractivity contribution is 0.102. The third kappa shape index (κ3) is 4.00. The van der Waals surface area contributed by atoms with Gasteiger partial charge in [-0.1, -0.05) is 34.1 Å². The van der Waals surface area contributed by atoms with Crippen molar-refractivity contribution in [2.24, 2.45) is 0 Å². The van der Waals surface area contributed by atoms with E-state index in [1.807, 2.05) is 18.2 Å². The van der Waals surface area contributed by atoms with Crippen molar-refractivity contribution in [3.05, 3.63) is 82.3 Å². The second kappa shape index (κ2) is 8.41. The Hall–Kier alpha value is -3.57. The number of hydrogen-bond donors (Lipinski definition) is 2. The van der Waals surface area contributed by atoms with E-state index in [4.69, 9.17) is 0 Å². The van der Waals surface area contributed by atoms with E-state index in [1.165, 1.54) is 28.6 Å². The molecule has 0 unspecified atom stereocenters. The van der Waals surface area contributed by atoms with Gasteiger partial charge in [-0.25, -0.2) is 8.42 Å². The van der Waals surface area contributed by atoms with Gasteiger partial charge in [-0.15, -0.1) is 10.2 Å². The van der Waals surface area contributed by atoms with Gasteiger partial charge in [-0.05, 0) is 65.7 Å². The largest absolute Gasteiger partial charge is 0.321 e. The average Bonchev–Trinajstić information content (AvgIpc) is 3.51. The zero-order valence-electron chi connectivity index (χ0n) is 17.1. The Labute approximate surface area is 198 Å². The number of amides is 1. The number of anilines is 2. The number of tetrazole rings is 1. The number of hydrogen-bond acceptors (Lipinski definition) is 6. The van der Waals surface area contributed by atoms with Crippen molar-refractivity contribution in [2.75, 3.05) is 16.2 Å². The zero-order valence-corrected chi connectivity index (χ0v) is 19.5. The van der Waals surface area contributed by atoms with E-state index in [-0.39, 0.29) is 4.90 Å². The van der Waals surface area contributed by atoms with Gasteiger partial charge in [0.05, 0.1) is 16.3 Å². The van der Waals surface area contributed by atoms with Gasteiger partial charge in [0.1, 0.15) is 0 Å². The van der Waals surface area contributed by atoms with Crippen LogP contribution in [0.4, 0.5) is 11.4 Å². The predicted octanol–water partition coefficient (Wildman–Crippen LogP) is 3.63. The van der Waals surface area contributed by atoms with E-state index in [2.05, 4.69) is 41.9 Å². The minimum Gasteiger partial charge on any atom is -0.321 e. The van der Waals surface area contributed by atoms with E-state index in [0.717, 1.165) is 10.0 Å². The summed E-state index contributed by atoms with van der Waals surface area (Å²) < 4.78 is 28.6. The summed E-state index contributed by atoms with van der Waals surface area (Å²) >= 11 is 3.40. The van der Waals surface area contributed by atoms with Gasteiger partial charge in [0.25, 0.3) is 15.9 Å². The topological polar surface area (TPSA) is 121 Å². The zero-order chi connectivity index (χ0) is 23.0. The highest BCUT2D eigenvalue weighted by Gasteiger charge is 2.30. The lowest BCUT2D eigenvalue weighted by atomic mass is 10.1. The van der Waals surface area contributed by atoms with Crippen LogP contribution < -0.4 is 9.62 Å². The number of H-pyrrole nitrogens is 1. The van der Waals surface area contributed by atoms with Crippen LogP contribution in [-0.2, 0) is 16.4 Å². The maximum atomic E-state index is 13.2. The van der Waals surface area contributed by atoms with Crippen LogP contribution in [0.1, 0.15) is 15.9 Å². The number of aromatic nitrogens is 4. The Morgan fingerprint density at radius 3 is 2.61 bits per heavy atom. The van der Waals surface area contributed by atoms with Gasteiger partial charge >= 0.3 is 0 Å². The number of nitrogens with one attached hydrogen (secondary N) is 2. The SMILES string of the molecule is O=C(Nc1ccc(Br)cc1-c1nn[nH]n1)c1ccc(S(=O)(=O)N2CCc3ccccc32)cc1. The first-order valence-electron chi connectivity index (χ1n) is 9.99. The molecule has 2 heterocycles. The molecule has 33 heavy (non-hydrogen) atoms. The normalized spacial score (nSPS) is 13.1. The van der Waals surface area contributed by atoms with Gasteiger partial charge in [0, 0.05) is 22.1 Å². The lowest BCUT2D eigenvalue weighted by Gasteiger charge is -2.19. The van der Waals surface area contributed by atoms with Crippen LogP contribution in [0, 0.1) is 0 Å². The Morgan fingerprint density at radius 1 is 1.06 bits per heavy atom. The van der Waals surface area contributed by atoms with Crippen LogP contribution in [0.5, 0.6) is 0 Å². The molecular formula is C22H17BrN6O3S. The Morgan fingerprint density at radius 2 is 1.85 bits per heavy atom. The summed E-state index contributed by atoms with van der Waals surface area (Å²) in [6.45, 7) is 0.395. The van der Waals surface area contributed by atoms with Gasteiger partial charge in [0.15, 0.2) is 0 Å². The van der Waals surface area contributed by atoms with E-state index < -0.39 is 15.9 Å². The van der Waals surface area contributed by atoms with Gasteiger partial charge in [-0.2, -0.15) is 5.21 Å². The highest BCUT2D eigenvalue weighted by atomic mass is 79.9. The third-order valence-electron chi connectivity index (χ3n) is 5.37. The van der Waals surface area contributed by atoms with Crippen LogP contribution in [0.15, 0.2) is 76.1 Å². The maximum Gasteiger partial charge on any atom is 0.264 e. The molecule has 1 aliphatic rings. The van der Waals surface area contributed by atoms with Crippen LogP contribution in [0.2, 0.25) is 0 Å². The minimum atomic E-state index is -3.73. The summed E-state index contributed by atoms with van der Waals surface area (Å²) in [5.74, 6) is -0.0588. The first-order chi connectivity index (χ1) is 15.9. The summed E-state index contributed by atoms with van der Waals surface area (Å²) in [7, 11) is -3.73. The van der Waals surface area contributed by atoms with E-state index in [9.17, 15) is 13.2 Å². The van der Waals surface area contributed by atoms with Gasteiger partial charge in [0.2, 0.25) is 5.82 Å². The molecule has 0 atom stereocenters. The molecule has 4 aromatic rings. The Kier molecular flexibility index (Phi) is 5.43. The van der Waals surface area contributed by atoms with Crippen molar-refractivity contribution in [1.82, 2.24) is 20.6 Å². The molecule has 0 aliphatic carbocycles. The van der Waals surface area contributed by atoms with Crippen LogP contribution in [0.25, 0.3) is 11.4 Å². The van der Waals surface area contributed by atoms with Gasteiger partial charge in [-0.3, -0.25) is 9.10 Å². The van der Waals surface area contributed by atoms with Crippen molar-refractivity contribution >= 4 is 43.2 Å². The number of aromatic amines is 1. The number of fused-ring (bicyclic) bond motifs is 1. The fraction of sp³-hybridized carbons (Fsp3) is 0.0909. The molecule has 9 nitrogen and oxygen atoms in total. The van der Waals surface area contributed by atoms with Gasteiger partial charge < -0.3 is 5.32 Å². The fourth-order valence-corrected chi connectivity index (χ4v) is 5.61. The maximum absolute atomic E-state index is 13.2. The molecule has 1 aliphatic heterocycles. The smallest absolute Gasteiger partial charge is 0.264 e. The minimum absolute atomic E-state index is 0.131. The molecule has 166 valence electrons. The third-order valence-corrected chi connectivity index (χ3v) is 7.69. The summed E-state index contributed by atoms with van der Waals surface area (Å²) in [6.07, 6.45) is 0.672. The van der Waals surface area contributed by atoms with Crippen LogP contribution in [0.3, 0.4) is 0 Å². The monoisotopic (exact) mass is 524 g/mol. The molecule has 0 fully saturated rings. The second-order valence-electron chi connectivity index (χ2n) is 7.36. The lowest BCUT2D eigenvalue weighted by Crippen LogP contribution is -2.29. The molecule has 0 radical (unpaired) electrons. The number of rotatable bonds is 5. The first-order valence-corrected chi connectivity index (χ1v) is 12.2. The van der Waals surface area contributed by atoms with Crippen molar-refractivity contribution in [2.45, 2.75) is 11.3 Å². The number of carbonyl (C=O) groups excluding carboxylic acids is 1. The highest BCUT2D eigenvalue weighted by molar-refractivity contribution is 9.10. The number of sulfonamides is 1. The van der Waals surface area contributed by atoms with Crippen LogP contribution >= 0.6 is 15.9 Å². The van der Waals surface area contributed by atoms with Crippen molar-refractivity contribution in [3.63, 3.8) is 0 Å². The summed E-state index contributed by atoms with van der Waals surface area (Å²) in [5.41, 5.74) is 3.10. The Balaban J connectivity index is 1.38. The standard InChI is InChI=1S/C22H17BrN6O3S/c23-16-7-10-19(18(13-16)21-25-27-28-26-21)24-22(30)15-5-8-17(9-6-15)33(31,32)29-12-11-14-3-1-2-4-20(14)29/h1-10,13H,11-12H2,(H,24,30)(H,25,26,27,28). The quantitative estimate of drug-likeness (QED) is 0.411.